The Balaban J connectivity index is 2.05. The Hall–Kier alpha value is -2.74. The topological polar surface area (TPSA) is 78.8 Å². The van der Waals surface area contributed by atoms with Crippen LogP contribution in [0.2, 0.25) is 0 Å². The number of carbonyl (C=O) groups excluding carboxylic acids is 1. The average Bonchev–Trinajstić information content (AvgIpc) is 3.06. The van der Waals surface area contributed by atoms with E-state index in [0.717, 1.165) is 36.1 Å². The van der Waals surface area contributed by atoms with E-state index in [0.29, 0.717) is 6.42 Å². The maximum absolute atomic E-state index is 13.6. The van der Waals surface area contributed by atoms with Crippen molar-refractivity contribution in [2.75, 3.05) is 23.6 Å². The molecule has 1 aliphatic heterocycles. The summed E-state index contributed by atoms with van der Waals surface area (Å²) in [6.07, 6.45) is 3.70. The van der Waals surface area contributed by atoms with Gasteiger partial charge in [0.05, 0.1) is 17.2 Å². The molecule has 1 aliphatic rings. The fourth-order valence-corrected chi connectivity index (χ4v) is 4.55. The van der Waals surface area contributed by atoms with E-state index in [2.05, 4.69) is 12.2 Å². The first kappa shape index (κ1) is 23.9. The van der Waals surface area contributed by atoms with Crippen LogP contribution in [0, 0.1) is 11.7 Å². The molecule has 0 spiro atoms. The average molecular weight is 460 g/mol. The molecule has 32 heavy (non-hydrogen) atoms. The van der Waals surface area contributed by atoms with Crippen LogP contribution in [0.4, 0.5) is 10.1 Å². The van der Waals surface area contributed by atoms with E-state index in [9.17, 15) is 17.6 Å². The first-order valence-electron chi connectivity index (χ1n) is 10.8. The number of sulfone groups is 1. The Morgan fingerprint density at radius 2 is 1.81 bits per heavy atom. The third-order valence-corrected chi connectivity index (χ3v) is 6.81. The van der Waals surface area contributed by atoms with E-state index < -0.39 is 15.4 Å². The normalized spacial score (nSPS) is 20.8. The summed E-state index contributed by atoms with van der Waals surface area (Å²) in [7, 11) is -3.21. The molecule has 1 amide bonds. The van der Waals surface area contributed by atoms with Crippen LogP contribution in [0.3, 0.4) is 0 Å². The third kappa shape index (κ3) is 5.18. The molecule has 3 rings (SSSR count). The van der Waals surface area contributed by atoms with Gasteiger partial charge in [-0.15, -0.1) is 0 Å². The number of amides is 1. The summed E-state index contributed by atoms with van der Waals surface area (Å²) in [5.74, 6) is -1.01. The van der Waals surface area contributed by atoms with Gasteiger partial charge in [0.2, 0.25) is 5.91 Å². The summed E-state index contributed by atoms with van der Waals surface area (Å²) < 4.78 is 36.7. The highest BCUT2D eigenvalue weighted by atomic mass is 32.2. The van der Waals surface area contributed by atoms with Crippen molar-refractivity contribution in [2.45, 2.75) is 38.6 Å². The van der Waals surface area contributed by atoms with Gasteiger partial charge in [0.1, 0.15) is 21.2 Å². The molecule has 172 valence electrons. The summed E-state index contributed by atoms with van der Waals surface area (Å²) in [5.41, 5.74) is 1.17. The SMILES string of the molecule is CCCCC1C(c2ccc(F)cc2)=NN(c2ccccc2)C1(C)C(=O)NCCS(C)(=O)=O. The van der Waals surface area contributed by atoms with Gasteiger partial charge in [-0.3, -0.25) is 4.79 Å². The zero-order chi connectivity index (χ0) is 23.4. The van der Waals surface area contributed by atoms with Crippen molar-refractivity contribution >= 4 is 27.1 Å². The Kier molecular flexibility index (Phi) is 7.33. The van der Waals surface area contributed by atoms with Crippen LogP contribution in [0.15, 0.2) is 59.7 Å². The molecule has 8 heteroatoms. The molecule has 0 fully saturated rings. The number of carbonyl (C=O) groups is 1. The van der Waals surface area contributed by atoms with Gasteiger partial charge in [-0.05, 0) is 43.2 Å². The molecule has 0 saturated heterocycles. The monoisotopic (exact) mass is 459 g/mol. The van der Waals surface area contributed by atoms with E-state index in [1.165, 1.54) is 12.1 Å². The maximum atomic E-state index is 13.6. The van der Waals surface area contributed by atoms with Gasteiger partial charge in [0, 0.05) is 18.7 Å². The zero-order valence-corrected chi connectivity index (χ0v) is 19.5. The molecule has 0 bridgehead atoms. The predicted molar refractivity (Wildman–Crippen MR) is 126 cm³/mol. The lowest BCUT2D eigenvalue weighted by Gasteiger charge is -2.37. The number of para-hydroxylation sites is 1. The molecule has 0 aliphatic carbocycles. The molecule has 0 aromatic heterocycles. The highest BCUT2D eigenvalue weighted by molar-refractivity contribution is 7.90. The number of anilines is 1. The fraction of sp³-hybridized carbons (Fsp3) is 0.417. The first-order valence-corrected chi connectivity index (χ1v) is 12.9. The van der Waals surface area contributed by atoms with Gasteiger partial charge in [0.15, 0.2) is 0 Å². The second-order valence-electron chi connectivity index (χ2n) is 8.37. The Morgan fingerprint density at radius 1 is 1.16 bits per heavy atom. The molecule has 6 nitrogen and oxygen atoms in total. The van der Waals surface area contributed by atoms with Crippen molar-refractivity contribution in [1.29, 1.82) is 0 Å². The maximum Gasteiger partial charge on any atom is 0.248 e. The van der Waals surface area contributed by atoms with E-state index in [1.807, 2.05) is 37.3 Å². The minimum atomic E-state index is -3.21. The smallest absolute Gasteiger partial charge is 0.248 e. The number of nitrogens with zero attached hydrogens (tertiary/aromatic N) is 2. The first-order chi connectivity index (χ1) is 15.2. The van der Waals surface area contributed by atoms with Crippen LogP contribution in [-0.4, -0.2) is 44.1 Å². The van der Waals surface area contributed by atoms with Gasteiger partial charge >= 0.3 is 0 Å². The van der Waals surface area contributed by atoms with Crippen LogP contribution in [0.25, 0.3) is 0 Å². The molecular formula is C24H30FN3O3S. The lowest BCUT2D eigenvalue weighted by Crippen LogP contribution is -2.58. The van der Waals surface area contributed by atoms with Crippen molar-refractivity contribution < 1.29 is 17.6 Å². The molecule has 1 N–H and O–H groups in total. The van der Waals surface area contributed by atoms with Crippen LogP contribution < -0.4 is 10.3 Å². The van der Waals surface area contributed by atoms with Crippen LogP contribution in [0.5, 0.6) is 0 Å². The molecule has 2 unspecified atom stereocenters. The second-order valence-corrected chi connectivity index (χ2v) is 10.6. The fourth-order valence-electron chi connectivity index (χ4n) is 4.08. The van der Waals surface area contributed by atoms with E-state index >= 15 is 0 Å². The summed E-state index contributed by atoms with van der Waals surface area (Å²) in [6.45, 7) is 3.96. The van der Waals surface area contributed by atoms with Gasteiger partial charge in [-0.2, -0.15) is 5.10 Å². The van der Waals surface area contributed by atoms with Crippen molar-refractivity contribution in [2.24, 2.45) is 11.0 Å². The van der Waals surface area contributed by atoms with Crippen molar-refractivity contribution in [3.63, 3.8) is 0 Å². The molecule has 0 radical (unpaired) electrons. The van der Waals surface area contributed by atoms with E-state index in [4.69, 9.17) is 5.10 Å². The molecule has 2 aromatic carbocycles. The minimum Gasteiger partial charge on any atom is -0.353 e. The van der Waals surface area contributed by atoms with Crippen molar-refractivity contribution in [3.05, 3.63) is 66.0 Å². The van der Waals surface area contributed by atoms with E-state index in [1.54, 1.807) is 17.1 Å². The second kappa shape index (κ2) is 9.81. The number of nitrogens with one attached hydrogen (secondary N) is 1. The number of hydrogen-bond donors (Lipinski definition) is 1. The van der Waals surface area contributed by atoms with Gasteiger partial charge in [-0.25, -0.2) is 17.8 Å². The predicted octanol–water partition coefficient (Wildman–Crippen LogP) is 3.78. The molecule has 0 saturated carbocycles. The van der Waals surface area contributed by atoms with Gasteiger partial charge in [0.25, 0.3) is 0 Å². The molecular weight excluding hydrogens is 429 g/mol. The Morgan fingerprint density at radius 3 is 2.41 bits per heavy atom. The number of halogens is 1. The number of rotatable bonds is 9. The quantitative estimate of drug-likeness (QED) is 0.619. The van der Waals surface area contributed by atoms with Gasteiger partial charge < -0.3 is 5.32 Å². The van der Waals surface area contributed by atoms with Gasteiger partial charge in [-0.1, -0.05) is 50.1 Å². The number of hydrazone groups is 1. The van der Waals surface area contributed by atoms with Crippen LogP contribution in [0.1, 0.15) is 38.7 Å². The number of hydrogen-bond acceptors (Lipinski definition) is 5. The standard InChI is InChI=1S/C24H30FN3O3S/c1-4-5-11-21-22(18-12-14-19(25)15-13-18)27-28(20-9-7-6-8-10-20)24(21,2)23(29)26-16-17-32(3,30)31/h6-10,12-15,21H,4-5,11,16-17H2,1-3H3,(H,26,29). The summed E-state index contributed by atoms with van der Waals surface area (Å²) in [4.78, 5) is 13.6. The largest absolute Gasteiger partial charge is 0.353 e. The number of unbranched alkanes of at least 4 members (excludes halogenated alkanes) is 1. The zero-order valence-electron chi connectivity index (χ0n) is 18.7. The van der Waals surface area contributed by atoms with E-state index in [-0.39, 0.29) is 29.9 Å². The van der Waals surface area contributed by atoms with Crippen molar-refractivity contribution in [1.82, 2.24) is 5.32 Å². The molecule has 1 heterocycles. The van der Waals surface area contributed by atoms with Crippen LogP contribution in [-0.2, 0) is 14.6 Å². The summed E-state index contributed by atoms with van der Waals surface area (Å²) in [5, 5.41) is 9.41. The minimum absolute atomic E-state index is 0.0300. The van der Waals surface area contributed by atoms with Crippen LogP contribution >= 0.6 is 0 Å². The lowest BCUT2D eigenvalue weighted by atomic mass is 9.77. The highest BCUT2D eigenvalue weighted by Gasteiger charge is 2.53. The Bertz CT molecular complexity index is 1070. The lowest BCUT2D eigenvalue weighted by molar-refractivity contribution is -0.126. The molecule has 2 aromatic rings. The third-order valence-electron chi connectivity index (χ3n) is 5.86. The summed E-state index contributed by atoms with van der Waals surface area (Å²) >= 11 is 0. The number of benzene rings is 2. The molecule has 2 atom stereocenters. The van der Waals surface area contributed by atoms with Crippen molar-refractivity contribution in [3.8, 4) is 0 Å². The summed E-state index contributed by atoms with van der Waals surface area (Å²) in [6, 6.07) is 15.6. The highest BCUT2D eigenvalue weighted by Crippen LogP contribution is 2.41. The Labute approximate surface area is 189 Å².